The fourth-order valence-corrected chi connectivity index (χ4v) is 2.42. The number of amides is 2. The normalized spacial score (nSPS) is 17.4. The molecule has 114 valence electrons. The number of hydrogen-bond donors (Lipinski definition) is 2. The average molecular weight is 290 g/mol. The van der Waals surface area contributed by atoms with Gasteiger partial charge in [-0.15, -0.1) is 0 Å². The summed E-state index contributed by atoms with van der Waals surface area (Å²) >= 11 is 0. The summed E-state index contributed by atoms with van der Waals surface area (Å²) in [4.78, 5) is 29.9. The summed E-state index contributed by atoms with van der Waals surface area (Å²) in [6, 6.07) is 3.22. The third-order valence-corrected chi connectivity index (χ3v) is 3.73. The van der Waals surface area contributed by atoms with Gasteiger partial charge in [0.25, 0.3) is 0 Å². The molecule has 21 heavy (non-hydrogen) atoms. The summed E-state index contributed by atoms with van der Waals surface area (Å²) in [5.74, 6) is 0.415. The first-order chi connectivity index (χ1) is 9.97. The largest absolute Gasteiger partial charge is 0.341 e. The number of aromatic nitrogens is 1. The highest BCUT2D eigenvalue weighted by molar-refractivity contribution is 5.92. The standard InChI is InChI=1S/C15H22N4O2/c1-10-3-4-13(17-9-10)18-14(20)12-5-7-19(8-6-12)15(21)11(2)16/h3-4,9,11-12H,5-8,16H2,1-2H3,(H,17,18,20). The molecule has 0 spiro atoms. The summed E-state index contributed by atoms with van der Waals surface area (Å²) in [7, 11) is 0. The van der Waals surface area contributed by atoms with Gasteiger partial charge in [-0.3, -0.25) is 9.59 Å². The van der Waals surface area contributed by atoms with Crippen LogP contribution in [0.2, 0.25) is 0 Å². The maximum absolute atomic E-state index is 12.2. The maximum atomic E-state index is 12.2. The lowest BCUT2D eigenvalue weighted by Crippen LogP contribution is -2.47. The average Bonchev–Trinajstić information content (AvgIpc) is 2.49. The number of nitrogens with one attached hydrogen (secondary N) is 1. The van der Waals surface area contributed by atoms with Crippen LogP contribution in [0.15, 0.2) is 18.3 Å². The quantitative estimate of drug-likeness (QED) is 0.866. The Labute approximate surface area is 124 Å². The Morgan fingerprint density at radius 3 is 2.57 bits per heavy atom. The zero-order chi connectivity index (χ0) is 15.4. The van der Waals surface area contributed by atoms with Crippen molar-refractivity contribution in [3.8, 4) is 0 Å². The number of nitrogens with zero attached hydrogens (tertiary/aromatic N) is 2. The molecule has 1 unspecified atom stereocenters. The van der Waals surface area contributed by atoms with Crippen molar-refractivity contribution >= 4 is 17.6 Å². The first-order valence-electron chi connectivity index (χ1n) is 7.25. The second-order valence-corrected chi connectivity index (χ2v) is 5.60. The van der Waals surface area contributed by atoms with E-state index >= 15 is 0 Å². The molecular weight excluding hydrogens is 268 g/mol. The molecule has 3 N–H and O–H groups in total. The van der Waals surface area contributed by atoms with Crippen LogP contribution in [0.3, 0.4) is 0 Å². The lowest BCUT2D eigenvalue weighted by Gasteiger charge is -2.32. The minimum Gasteiger partial charge on any atom is -0.341 e. The van der Waals surface area contributed by atoms with Crippen LogP contribution in [0.5, 0.6) is 0 Å². The van der Waals surface area contributed by atoms with Gasteiger partial charge in [0.1, 0.15) is 5.82 Å². The van der Waals surface area contributed by atoms with Gasteiger partial charge in [0, 0.05) is 25.2 Å². The summed E-state index contributed by atoms with van der Waals surface area (Å²) in [5.41, 5.74) is 6.65. The fourth-order valence-electron chi connectivity index (χ4n) is 2.42. The Kier molecular flexibility index (Phi) is 4.90. The molecule has 1 aromatic heterocycles. The van der Waals surface area contributed by atoms with Crippen LogP contribution in [0.1, 0.15) is 25.3 Å². The van der Waals surface area contributed by atoms with Crippen molar-refractivity contribution < 1.29 is 9.59 Å². The van der Waals surface area contributed by atoms with Gasteiger partial charge in [0.05, 0.1) is 6.04 Å². The lowest BCUT2D eigenvalue weighted by molar-refractivity contribution is -0.135. The van der Waals surface area contributed by atoms with Gasteiger partial charge in [0.15, 0.2) is 0 Å². The van der Waals surface area contributed by atoms with Gasteiger partial charge in [-0.1, -0.05) is 6.07 Å². The zero-order valence-electron chi connectivity index (χ0n) is 12.5. The number of anilines is 1. The third kappa shape index (κ3) is 4.01. The first kappa shape index (κ1) is 15.4. The van der Waals surface area contributed by atoms with E-state index < -0.39 is 6.04 Å². The lowest BCUT2D eigenvalue weighted by atomic mass is 9.95. The monoisotopic (exact) mass is 290 g/mol. The number of carbonyl (C=O) groups is 2. The highest BCUT2D eigenvalue weighted by Crippen LogP contribution is 2.19. The molecule has 6 heteroatoms. The molecule has 2 heterocycles. The minimum absolute atomic E-state index is 0.0285. The molecular formula is C15H22N4O2. The Morgan fingerprint density at radius 1 is 1.38 bits per heavy atom. The Hall–Kier alpha value is -1.95. The van der Waals surface area contributed by atoms with Crippen LogP contribution in [0.25, 0.3) is 0 Å². The molecule has 0 saturated carbocycles. The highest BCUT2D eigenvalue weighted by atomic mass is 16.2. The zero-order valence-corrected chi connectivity index (χ0v) is 12.5. The van der Waals surface area contributed by atoms with Crippen LogP contribution in [-0.4, -0.2) is 40.8 Å². The summed E-state index contributed by atoms with van der Waals surface area (Å²) in [6.07, 6.45) is 3.05. The fraction of sp³-hybridized carbons (Fsp3) is 0.533. The molecule has 1 aliphatic rings. The molecule has 2 rings (SSSR count). The SMILES string of the molecule is Cc1ccc(NC(=O)C2CCN(C(=O)C(C)N)CC2)nc1. The number of pyridine rings is 1. The van der Waals surface area contributed by atoms with Gasteiger partial charge in [-0.2, -0.15) is 0 Å². The van der Waals surface area contributed by atoms with E-state index in [-0.39, 0.29) is 17.7 Å². The Morgan fingerprint density at radius 2 is 2.05 bits per heavy atom. The van der Waals surface area contributed by atoms with Gasteiger partial charge in [0.2, 0.25) is 11.8 Å². The molecule has 0 aliphatic carbocycles. The van der Waals surface area contributed by atoms with Crippen LogP contribution in [0, 0.1) is 12.8 Å². The van der Waals surface area contributed by atoms with E-state index in [0.29, 0.717) is 31.7 Å². The maximum Gasteiger partial charge on any atom is 0.239 e. The molecule has 2 amide bonds. The molecule has 6 nitrogen and oxygen atoms in total. The van der Waals surface area contributed by atoms with Crippen molar-refractivity contribution in [2.45, 2.75) is 32.7 Å². The Balaban J connectivity index is 1.86. The van der Waals surface area contributed by atoms with Crippen molar-refractivity contribution in [1.82, 2.24) is 9.88 Å². The van der Waals surface area contributed by atoms with E-state index in [4.69, 9.17) is 5.73 Å². The van der Waals surface area contributed by atoms with Gasteiger partial charge < -0.3 is 16.0 Å². The van der Waals surface area contributed by atoms with Crippen molar-refractivity contribution in [2.75, 3.05) is 18.4 Å². The van der Waals surface area contributed by atoms with E-state index in [9.17, 15) is 9.59 Å². The molecule has 0 radical (unpaired) electrons. The number of likely N-dealkylation sites (tertiary alicyclic amines) is 1. The van der Waals surface area contributed by atoms with E-state index in [0.717, 1.165) is 5.56 Å². The first-order valence-corrected chi connectivity index (χ1v) is 7.25. The highest BCUT2D eigenvalue weighted by Gasteiger charge is 2.28. The molecule has 0 bridgehead atoms. The van der Waals surface area contributed by atoms with Crippen LogP contribution >= 0.6 is 0 Å². The molecule has 1 aromatic rings. The second-order valence-electron chi connectivity index (χ2n) is 5.60. The number of nitrogens with two attached hydrogens (primary N) is 1. The number of piperidine rings is 1. The van der Waals surface area contributed by atoms with E-state index in [1.807, 2.05) is 13.0 Å². The summed E-state index contributed by atoms with van der Waals surface area (Å²) < 4.78 is 0. The minimum atomic E-state index is -0.480. The predicted octanol–water partition coefficient (Wildman–Crippen LogP) is 0.914. The number of carbonyl (C=O) groups excluding carboxylic acids is 2. The van der Waals surface area contributed by atoms with E-state index in [1.165, 1.54) is 0 Å². The molecule has 1 saturated heterocycles. The summed E-state index contributed by atoms with van der Waals surface area (Å²) in [5, 5.41) is 2.83. The number of aryl methyl sites for hydroxylation is 1. The van der Waals surface area contributed by atoms with Gasteiger partial charge in [-0.05, 0) is 38.3 Å². The Bertz CT molecular complexity index is 505. The molecule has 1 aliphatic heterocycles. The van der Waals surface area contributed by atoms with Gasteiger partial charge in [-0.25, -0.2) is 4.98 Å². The molecule has 1 fully saturated rings. The summed E-state index contributed by atoms with van der Waals surface area (Å²) in [6.45, 7) is 4.80. The van der Waals surface area contributed by atoms with E-state index in [1.54, 1.807) is 24.1 Å². The predicted molar refractivity (Wildman–Crippen MR) is 80.6 cm³/mol. The van der Waals surface area contributed by atoms with Gasteiger partial charge >= 0.3 is 0 Å². The third-order valence-electron chi connectivity index (χ3n) is 3.73. The smallest absolute Gasteiger partial charge is 0.239 e. The van der Waals surface area contributed by atoms with Crippen LogP contribution in [-0.2, 0) is 9.59 Å². The van der Waals surface area contributed by atoms with Crippen LogP contribution in [0.4, 0.5) is 5.82 Å². The topological polar surface area (TPSA) is 88.3 Å². The second kappa shape index (κ2) is 6.67. The molecule has 0 aromatic carbocycles. The van der Waals surface area contributed by atoms with Crippen molar-refractivity contribution in [1.29, 1.82) is 0 Å². The van der Waals surface area contributed by atoms with Crippen molar-refractivity contribution in [3.63, 3.8) is 0 Å². The van der Waals surface area contributed by atoms with Crippen molar-refractivity contribution in [3.05, 3.63) is 23.9 Å². The van der Waals surface area contributed by atoms with Crippen LogP contribution < -0.4 is 11.1 Å². The molecule has 1 atom stereocenters. The van der Waals surface area contributed by atoms with E-state index in [2.05, 4.69) is 10.3 Å². The number of hydrogen-bond acceptors (Lipinski definition) is 4. The van der Waals surface area contributed by atoms with Crippen molar-refractivity contribution in [2.24, 2.45) is 11.7 Å². The number of rotatable bonds is 3.